The number of nitrogens with zero attached hydrogens (tertiary/aromatic N) is 1. The number of benzene rings is 1. The number of aryl methyl sites for hydroxylation is 1. The number of likely N-dealkylation sites (tertiary alicyclic amines) is 1. The Morgan fingerprint density at radius 1 is 1.15 bits per heavy atom. The second-order valence-corrected chi connectivity index (χ2v) is 6.93. The molecule has 1 aromatic rings. The van der Waals surface area contributed by atoms with E-state index in [0.29, 0.717) is 0 Å². The number of hydrogen-bond donors (Lipinski definition) is 1. The predicted molar refractivity (Wildman–Crippen MR) is 103 cm³/mol. The van der Waals surface area contributed by atoms with E-state index >= 15 is 0 Å². The lowest BCUT2D eigenvalue weighted by Gasteiger charge is -2.34. The highest BCUT2D eigenvalue weighted by Gasteiger charge is 2.27. The standard InChI is InChI=1S/C21H32N2O3/c1-4-16(5-2)21(25)23-13-11-18(12-14-23)22-20(24)15-26-19-10-8-7-9-17(19)6-3/h7-10,16,18H,4-6,11-15H2,1-3H3,(H,22,24). The lowest BCUT2D eigenvalue weighted by atomic mass is 9.98. The lowest BCUT2D eigenvalue weighted by Crippen LogP contribution is -2.48. The van der Waals surface area contributed by atoms with E-state index in [1.165, 1.54) is 0 Å². The van der Waals surface area contributed by atoms with Gasteiger partial charge in [-0.1, -0.05) is 39.0 Å². The Balaban J connectivity index is 1.75. The van der Waals surface area contributed by atoms with Crippen molar-refractivity contribution < 1.29 is 14.3 Å². The molecular weight excluding hydrogens is 328 g/mol. The molecule has 0 aliphatic carbocycles. The molecule has 1 N–H and O–H groups in total. The molecule has 0 bridgehead atoms. The summed E-state index contributed by atoms with van der Waals surface area (Å²) < 4.78 is 5.67. The Labute approximate surface area is 157 Å². The van der Waals surface area contributed by atoms with Crippen molar-refractivity contribution in [3.8, 4) is 5.75 Å². The summed E-state index contributed by atoms with van der Waals surface area (Å²) >= 11 is 0. The van der Waals surface area contributed by atoms with Crippen LogP contribution >= 0.6 is 0 Å². The average molecular weight is 360 g/mol. The van der Waals surface area contributed by atoms with Gasteiger partial charge in [-0.05, 0) is 43.7 Å². The van der Waals surface area contributed by atoms with Gasteiger partial charge in [-0.2, -0.15) is 0 Å². The van der Waals surface area contributed by atoms with Crippen LogP contribution in [0.4, 0.5) is 0 Å². The normalized spacial score (nSPS) is 15.2. The van der Waals surface area contributed by atoms with Gasteiger partial charge >= 0.3 is 0 Å². The van der Waals surface area contributed by atoms with E-state index in [4.69, 9.17) is 4.74 Å². The maximum absolute atomic E-state index is 12.4. The summed E-state index contributed by atoms with van der Waals surface area (Å²) in [5.74, 6) is 1.07. The number of carbonyl (C=O) groups is 2. The molecular formula is C21H32N2O3. The molecule has 1 fully saturated rings. The van der Waals surface area contributed by atoms with Gasteiger partial charge in [-0.15, -0.1) is 0 Å². The molecule has 1 saturated heterocycles. The summed E-state index contributed by atoms with van der Waals surface area (Å²) in [6.45, 7) is 7.67. The zero-order chi connectivity index (χ0) is 18.9. The number of hydrogen-bond acceptors (Lipinski definition) is 3. The van der Waals surface area contributed by atoms with E-state index in [9.17, 15) is 9.59 Å². The first-order valence-electron chi connectivity index (χ1n) is 9.87. The number of amides is 2. The van der Waals surface area contributed by atoms with Crippen molar-refractivity contribution in [1.82, 2.24) is 10.2 Å². The zero-order valence-corrected chi connectivity index (χ0v) is 16.3. The number of nitrogens with one attached hydrogen (secondary N) is 1. The second kappa shape index (κ2) is 10.2. The van der Waals surface area contributed by atoms with Crippen molar-refractivity contribution in [1.29, 1.82) is 0 Å². The molecule has 2 rings (SSSR count). The van der Waals surface area contributed by atoms with E-state index < -0.39 is 0 Å². The van der Waals surface area contributed by atoms with Crippen LogP contribution in [-0.2, 0) is 16.0 Å². The van der Waals surface area contributed by atoms with Crippen LogP contribution in [0.2, 0.25) is 0 Å². The van der Waals surface area contributed by atoms with Gasteiger partial charge in [0.2, 0.25) is 5.91 Å². The molecule has 0 saturated carbocycles. The van der Waals surface area contributed by atoms with Crippen molar-refractivity contribution in [2.45, 2.75) is 58.9 Å². The molecule has 1 heterocycles. The third kappa shape index (κ3) is 5.48. The Kier molecular flexibility index (Phi) is 7.95. The van der Waals surface area contributed by atoms with Crippen molar-refractivity contribution in [2.24, 2.45) is 5.92 Å². The number of para-hydroxylation sites is 1. The minimum absolute atomic E-state index is 0.0316. The molecule has 0 unspecified atom stereocenters. The van der Waals surface area contributed by atoms with Gasteiger partial charge in [-0.3, -0.25) is 9.59 Å². The smallest absolute Gasteiger partial charge is 0.258 e. The fourth-order valence-corrected chi connectivity index (χ4v) is 3.49. The molecule has 1 aliphatic rings. The summed E-state index contributed by atoms with van der Waals surface area (Å²) in [4.78, 5) is 26.6. The predicted octanol–water partition coefficient (Wildman–Crippen LogP) is 3.17. The summed E-state index contributed by atoms with van der Waals surface area (Å²) in [6.07, 6.45) is 4.28. The topological polar surface area (TPSA) is 58.6 Å². The average Bonchev–Trinajstić information content (AvgIpc) is 2.68. The molecule has 2 amide bonds. The van der Waals surface area contributed by atoms with E-state index in [-0.39, 0.29) is 30.4 Å². The summed E-state index contributed by atoms with van der Waals surface area (Å²) in [7, 11) is 0. The molecule has 26 heavy (non-hydrogen) atoms. The van der Waals surface area contributed by atoms with Crippen LogP contribution in [0.1, 0.15) is 52.0 Å². The van der Waals surface area contributed by atoms with Crippen LogP contribution in [0.25, 0.3) is 0 Å². The second-order valence-electron chi connectivity index (χ2n) is 6.93. The van der Waals surface area contributed by atoms with Gasteiger partial charge in [0.1, 0.15) is 5.75 Å². The highest BCUT2D eigenvalue weighted by atomic mass is 16.5. The fourth-order valence-electron chi connectivity index (χ4n) is 3.49. The van der Waals surface area contributed by atoms with Gasteiger partial charge in [-0.25, -0.2) is 0 Å². The first-order chi connectivity index (χ1) is 12.6. The van der Waals surface area contributed by atoms with Crippen molar-refractivity contribution in [3.05, 3.63) is 29.8 Å². The van der Waals surface area contributed by atoms with E-state index in [0.717, 1.165) is 56.5 Å². The molecule has 5 nitrogen and oxygen atoms in total. The molecule has 5 heteroatoms. The highest BCUT2D eigenvalue weighted by Crippen LogP contribution is 2.19. The largest absolute Gasteiger partial charge is 0.483 e. The molecule has 0 aromatic heterocycles. The van der Waals surface area contributed by atoms with Gasteiger partial charge in [0.05, 0.1) is 0 Å². The maximum atomic E-state index is 12.4. The van der Waals surface area contributed by atoms with Crippen LogP contribution in [0, 0.1) is 5.92 Å². The van der Waals surface area contributed by atoms with E-state index in [1.807, 2.05) is 29.2 Å². The molecule has 0 atom stereocenters. The van der Waals surface area contributed by atoms with Crippen molar-refractivity contribution >= 4 is 11.8 Å². The highest BCUT2D eigenvalue weighted by molar-refractivity contribution is 5.79. The fraction of sp³-hybridized carbons (Fsp3) is 0.619. The quantitative estimate of drug-likeness (QED) is 0.775. The summed E-state index contributed by atoms with van der Waals surface area (Å²) in [5, 5.41) is 3.04. The SMILES string of the molecule is CCc1ccccc1OCC(=O)NC1CCN(C(=O)C(CC)CC)CC1. The molecule has 144 valence electrons. The Bertz CT molecular complexity index is 591. The lowest BCUT2D eigenvalue weighted by molar-refractivity contribution is -0.137. The number of ether oxygens (including phenoxy) is 1. The van der Waals surface area contributed by atoms with Crippen LogP contribution in [0.15, 0.2) is 24.3 Å². The summed E-state index contributed by atoms with van der Waals surface area (Å²) in [6, 6.07) is 7.92. The Morgan fingerprint density at radius 3 is 2.42 bits per heavy atom. The van der Waals surface area contributed by atoms with Crippen LogP contribution in [-0.4, -0.2) is 42.5 Å². The third-order valence-corrected chi connectivity index (χ3v) is 5.22. The number of rotatable bonds is 8. The molecule has 1 aromatic carbocycles. The van der Waals surface area contributed by atoms with Crippen molar-refractivity contribution in [2.75, 3.05) is 19.7 Å². The molecule has 0 spiro atoms. The van der Waals surface area contributed by atoms with Gasteiger partial charge < -0.3 is 15.0 Å². The number of piperidine rings is 1. The maximum Gasteiger partial charge on any atom is 0.258 e. The van der Waals surface area contributed by atoms with Gasteiger partial charge in [0.15, 0.2) is 6.61 Å². The van der Waals surface area contributed by atoms with E-state index in [2.05, 4.69) is 26.1 Å². The molecule has 1 aliphatic heterocycles. The minimum atomic E-state index is -0.0966. The first-order valence-corrected chi connectivity index (χ1v) is 9.87. The Hall–Kier alpha value is -2.04. The number of carbonyl (C=O) groups excluding carboxylic acids is 2. The van der Waals surface area contributed by atoms with Gasteiger partial charge in [0, 0.05) is 25.0 Å². The third-order valence-electron chi connectivity index (χ3n) is 5.22. The van der Waals surface area contributed by atoms with E-state index in [1.54, 1.807) is 0 Å². The van der Waals surface area contributed by atoms with Crippen LogP contribution in [0.5, 0.6) is 5.75 Å². The van der Waals surface area contributed by atoms with Crippen LogP contribution < -0.4 is 10.1 Å². The van der Waals surface area contributed by atoms with Crippen molar-refractivity contribution in [3.63, 3.8) is 0 Å². The summed E-state index contributed by atoms with van der Waals surface area (Å²) in [5.41, 5.74) is 1.11. The molecule has 0 radical (unpaired) electrons. The zero-order valence-electron chi connectivity index (χ0n) is 16.3. The van der Waals surface area contributed by atoms with Gasteiger partial charge in [0.25, 0.3) is 5.91 Å². The Morgan fingerprint density at radius 2 is 1.81 bits per heavy atom. The van der Waals surface area contributed by atoms with Crippen LogP contribution in [0.3, 0.4) is 0 Å². The monoisotopic (exact) mass is 360 g/mol. The first kappa shape index (κ1) is 20.3. The minimum Gasteiger partial charge on any atom is -0.483 e.